The highest BCUT2D eigenvalue weighted by molar-refractivity contribution is 9.10. The molecule has 162 valence electrons. The topological polar surface area (TPSA) is 24.8 Å². The summed E-state index contributed by atoms with van der Waals surface area (Å²) in [5, 5.41) is 8.19. The van der Waals surface area contributed by atoms with Crippen LogP contribution in [0.4, 0.5) is 0 Å². The Morgan fingerprint density at radius 1 is 0.969 bits per heavy atom. The fourth-order valence-electron chi connectivity index (χ4n) is 5.57. The predicted molar refractivity (Wildman–Crippen MR) is 132 cm³/mol. The first kappa shape index (κ1) is 20.3. The zero-order valence-electron chi connectivity index (χ0n) is 17.7. The van der Waals surface area contributed by atoms with Crippen LogP contribution in [0.2, 0.25) is 5.02 Å². The van der Waals surface area contributed by atoms with Gasteiger partial charge in [0.15, 0.2) is 5.72 Å². The number of nitrogens with zero attached hydrogens (tertiary/aromatic N) is 2. The SMILES string of the molecule is Clc1ccccc1C1=NN2[C@@H](C1)c1cc(Br)ccc1OC21CCC(c2ccccc2)CC1. The summed E-state index contributed by atoms with van der Waals surface area (Å²) in [5.41, 5.74) is 4.29. The van der Waals surface area contributed by atoms with Crippen molar-refractivity contribution in [2.45, 2.75) is 49.8 Å². The van der Waals surface area contributed by atoms with Crippen molar-refractivity contribution in [3.8, 4) is 5.75 Å². The van der Waals surface area contributed by atoms with Gasteiger partial charge in [-0.2, -0.15) is 5.10 Å². The second-order valence-electron chi connectivity index (χ2n) is 9.01. The van der Waals surface area contributed by atoms with Crippen LogP contribution in [0.25, 0.3) is 0 Å². The van der Waals surface area contributed by atoms with Crippen molar-refractivity contribution in [1.82, 2.24) is 5.01 Å². The van der Waals surface area contributed by atoms with Gasteiger partial charge in [0.2, 0.25) is 0 Å². The normalized spacial score (nSPS) is 26.3. The van der Waals surface area contributed by atoms with Crippen LogP contribution in [-0.2, 0) is 0 Å². The summed E-state index contributed by atoms with van der Waals surface area (Å²) in [7, 11) is 0. The van der Waals surface area contributed by atoms with E-state index < -0.39 is 5.72 Å². The van der Waals surface area contributed by atoms with Crippen molar-refractivity contribution < 1.29 is 4.74 Å². The Morgan fingerprint density at radius 3 is 2.50 bits per heavy atom. The fourth-order valence-corrected chi connectivity index (χ4v) is 6.19. The fraction of sp³-hybridized carbons (Fsp3) is 0.296. The zero-order chi connectivity index (χ0) is 21.7. The molecule has 0 N–H and O–H groups in total. The van der Waals surface area contributed by atoms with E-state index in [9.17, 15) is 0 Å². The number of benzene rings is 3. The van der Waals surface area contributed by atoms with Crippen LogP contribution in [-0.4, -0.2) is 16.4 Å². The number of ether oxygens (including phenoxy) is 1. The van der Waals surface area contributed by atoms with Gasteiger partial charge in [-0.25, -0.2) is 5.01 Å². The number of hydrogen-bond acceptors (Lipinski definition) is 3. The lowest BCUT2D eigenvalue weighted by Gasteiger charge is -2.50. The molecule has 0 unspecified atom stereocenters. The van der Waals surface area contributed by atoms with Gasteiger partial charge in [-0.15, -0.1) is 0 Å². The zero-order valence-corrected chi connectivity index (χ0v) is 20.0. The lowest BCUT2D eigenvalue weighted by Crippen LogP contribution is -2.55. The quantitative estimate of drug-likeness (QED) is 0.355. The van der Waals surface area contributed by atoms with Gasteiger partial charge < -0.3 is 4.74 Å². The predicted octanol–water partition coefficient (Wildman–Crippen LogP) is 7.70. The Balaban J connectivity index is 1.38. The maximum Gasteiger partial charge on any atom is 0.198 e. The Morgan fingerprint density at radius 2 is 1.72 bits per heavy atom. The van der Waals surface area contributed by atoms with Crippen molar-refractivity contribution >= 4 is 33.2 Å². The smallest absolute Gasteiger partial charge is 0.198 e. The number of hydrazone groups is 1. The maximum absolute atomic E-state index is 6.79. The van der Waals surface area contributed by atoms with E-state index in [2.05, 4.69) is 75.5 Å². The van der Waals surface area contributed by atoms with E-state index in [-0.39, 0.29) is 6.04 Å². The number of fused-ring (bicyclic) bond motifs is 4. The molecule has 0 radical (unpaired) electrons. The van der Waals surface area contributed by atoms with Gasteiger partial charge in [0.25, 0.3) is 0 Å². The molecule has 1 atom stereocenters. The monoisotopic (exact) mass is 506 g/mol. The average Bonchev–Trinajstić information content (AvgIpc) is 3.28. The summed E-state index contributed by atoms with van der Waals surface area (Å²) in [5.74, 6) is 1.56. The Labute approximate surface area is 202 Å². The maximum atomic E-state index is 6.79. The molecule has 5 heteroatoms. The van der Waals surface area contributed by atoms with Crippen LogP contribution in [0.5, 0.6) is 5.75 Å². The van der Waals surface area contributed by atoms with Crippen molar-refractivity contribution in [3.63, 3.8) is 0 Å². The molecular formula is C27H24BrClN2O. The molecule has 3 aromatic rings. The molecule has 1 aliphatic carbocycles. The first-order valence-electron chi connectivity index (χ1n) is 11.3. The molecule has 0 saturated heterocycles. The third kappa shape index (κ3) is 3.36. The molecule has 2 aliphatic heterocycles. The molecule has 0 bridgehead atoms. The third-order valence-corrected chi connectivity index (χ3v) is 8.00. The highest BCUT2D eigenvalue weighted by Gasteiger charge is 2.52. The van der Waals surface area contributed by atoms with Gasteiger partial charge in [-0.05, 0) is 48.6 Å². The van der Waals surface area contributed by atoms with Gasteiger partial charge in [-0.3, -0.25) is 0 Å². The molecule has 1 fully saturated rings. The third-order valence-electron chi connectivity index (χ3n) is 7.18. The second kappa shape index (κ2) is 7.93. The second-order valence-corrected chi connectivity index (χ2v) is 10.3. The van der Waals surface area contributed by atoms with Crippen molar-refractivity contribution in [1.29, 1.82) is 0 Å². The number of hydrogen-bond donors (Lipinski definition) is 0. The van der Waals surface area contributed by atoms with E-state index in [1.807, 2.05) is 18.2 Å². The summed E-state index contributed by atoms with van der Waals surface area (Å²) in [6.07, 6.45) is 4.93. The molecule has 32 heavy (non-hydrogen) atoms. The molecule has 1 spiro atoms. The highest BCUT2D eigenvalue weighted by atomic mass is 79.9. The summed E-state index contributed by atoms with van der Waals surface area (Å²) < 4.78 is 7.86. The molecule has 0 aromatic heterocycles. The van der Waals surface area contributed by atoms with Crippen molar-refractivity contribution in [2.75, 3.05) is 0 Å². The lowest BCUT2D eigenvalue weighted by molar-refractivity contribution is -0.142. The standard InChI is InChI=1S/C27H24BrClN2O/c28-20-10-11-26-22(16-20)25-17-24(21-8-4-5-9-23(21)29)30-31(25)27(32-26)14-12-19(13-15-27)18-6-2-1-3-7-18/h1-11,16,19,25H,12-15,17H2/t19?,25-,27?/m0/s1. The van der Waals surface area contributed by atoms with Gasteiger partial charge in [-0.1, -0.05) is 76.1 Å². The van der Waals surface area contributed by atoms with E-state index in [1.165, 1.54) is 11.1 Å². The Hall–Kier alpha value is -2.30. The minimum absolute atomic E-state index is 0.163. The van der Waals surface area contributed by atoms with Crippen LogP contribution in [0.15, 0.2) is 82.4 Å². The molecular weight excluding hydrogens is 484 g/mol. The molecule has 6 rings (SSSR count). The first-order chi connectivity index (χ1) is 15.6. The van der Waals surface area contributed by atoms with E-state index in [4.69, 9.17) is 21.4 Å². The average molecular weight is 508 g/mol. The van der Waals surface area contributed by atoms with E-state index in [0.29, 0.717) is 5.92 Å². The molecule has 3 nitrogen and oxygen atoms in total. The van der Waals surface area contributed by atoms with Crippen LogP contribution in [0.3, 0.4) is 0 Å². The Bertz CT molecular complexity index is 1190. The molecule has 0 amide bonds. The summed E-state index contributed by atoms with van der Waals surface area (Å²) in [6.45, 7) is 0. The highest BCUT2D eigenvalue weighted by Crippen LogP contribution is 2.53. The van der Waals surface area contributed by atoms with Gasteiger partial charge in [0.05, 0.1) is 11.8 Å². The summed E-state index contributed by atoms with van der Waals surface area (Å²) >= 11 is 10.2. The Kier molecular flexibility index (Phi) is 5.03. The van der Waals surface area contributed by atoms with Crippen molar-refractivity contribution in [3.05, 3.63) is 99.0 Å². The minimum Gasteiger partial charge on any atom is -0.466 e. The van der Waals surface area contributed by atoms with E-state index in [1.54, 1.807) is 0 Å². The molecule has 1 saturated carbocycles. The largest absolute Gasteiger partial charge is 0.466 e. The van der Waals surface area contributed by atoms with Crippen molar-refractivity contribution in [2.24, 2.45) is 5.10 Å². The molecule has 2 heterocycles. The van der Waals surface area contributed by atoms with E-state index >= 15 is 0 Å². The van der Waals surface area contributed by atoms with Crippen LogP contribution >= 0.6 is 27.5 Å². The van der Waals surface area contributed by atoms with Gasteiger partial charge >= 0.3 is 0 Å². The van der Waals surface area contributed by atoms with Crippen LogP contribution in [0, 0.1) is 0 Å². The lowest BCUT2D eigenvalue weighted by atomic mass is 9.78. The van der Waals surface area contributed by atoms with Gasteiger partial charge in [0, 0.05) is 39.9 Å². The van der Waals surface area contributed by atoms with Crippen LogP contribution in [0.1, 0.15) is 60.8 Å². The first-order valence-corrected chi connectivity index (χ1v) is 12.5. The summed E-state index contributed by atoms with van der Waals surface area (Å²) in [4.78, 5) is 0. The van der Waals surface area contributed by atoms with Crippen LogP contribution < -0.4 is 4.74 Å². The molecule has 3 aromatic carbocycles. The van der Waals surface area contributed by atoms with E-state index in [0.717, 1.165) is 58.6 Å². The summed E-state index contributed by atoms with van der Waals surface area (Å²) in [6, 6.07) is 25.4. The van der Waals surface area contributed by atoms with Gasteiger partial charge in [0.1, 0.15) is 5.75 Å². The molecule has 3 aliphatic rings. The minimum atomic E-state index is -0.403. The number of rotatable bonds is 2. The number of halogens is 2.